The number of anilines is 1. The average molecular weight is 329 g/mol. The van der Waals surface area contributed by atoms with Crippen molar-refractivity contribution in [1.82, 2.24) is 19.8 Å². The lowest BCUT2D eigenvalue weighted by Crippen LogP contribution is -2.53. The molecule has 128 valence electrons. The van der Waals surface area contributed by atoms with E-state index >= 15 is 0 Å². The van der Waals surface area contributed by atoms with E-state index in [4.69, 9.17) is 5.73 Å². The van der Waals surface area contributed by atoms with E-state index in [-0.39, 0.29) is 23.2 Å². The predicted octanol–water partition coefficient (Wildman–Crippen LogP) is 0.933. The maximum atomic E-state index is 12.5. The molecule has 2 aliphatic heterocycles. The van der Waals surface area contributed by atoms with Gasteiger partial charge < -0.3 is 15.5 Å². The Balaban J connectivity index is 1.65. The lowest BCUT2D eigenvalue weighted by atomic mass is 9.73. The van der Waals surface area contributed by atoms with Gasteiger partial charge in [0.1, 0.15) is 0 Å². The lowest BCUT2D eigenvalue weighted by molar-refractivity contribution is -0.139. The van der Waals surface area contributed by atoms with Crippen LogP contribution in [0.1, 0.15) is 31.2 Å². The van der Waals surface area contributed by atoms with E-state index in [1.54, 1.807) is 29.4 Å². The Bertz CT molecular complexity index is 657. The van der Waals surface area contributed by atoms with Crippen LogP contribution in [0.4, 0.5) is 5.95 Å². The third kappa shape index (κ3) is 3.55. The van der Waals surface area contributed by atoms with Crippen LogP contribution in [0.2, 0.25) is 0 Å². The van der Waals surface area contributed by atoms with Gasteiger partial charge in [0, 0.05) is 62.6 Å². The molecule has 2 amide bonds. The number of piperidine rings is 2. The molecular formula is C17H23N5O2. The minimum absolute atomic E-state index is 0.00884. The van der Waals surface area contributed by atoms with Crippen molar-refractivity contribution in [2.75, 3.05) is 32.4 Å². The predicted molar refractivity (Wildman–Crippen MR) is 90.6 cm³/mol. The molecule has 2 saturated heterocycles. The molecule has 1 aromatic heterocycles. The zero-order valence-electron chi connectivity index (χ0n) is 13.9. The quantitative estimate of drug-likeness (QED) is 0.815. The number of rotatable bonds is 2. The van der Waals surface area contributed by atoms with Gasteiger partial charge in [0.15, 0.2) is 0 Å². The number of hydrogen-bond donors (Lipinski definition) is 1. The molecule has 0 bridgehead atoms. The molecule has 3 heterocycles. The number of nitrogens with two attached hydrogens (primary N) is 1. The fraction of sp³-hybridized carbons (Fsp3) is 0.529. The van der Waals surface area contributed by atoms with Crippen LogP contribution in [0.3, 0.4) is 0 Å². The Hall–Kier alpha value is -2.44. The maximum Gasteiger partial charge on any atom is 0.246 e. The fourth-order valence-electron chi connectivity index (χ4n) is 3.67. The third-order valence-corrected chi connectivity index (χ3v) is 4.95. The van der Waals surface area contributed by atoms with Crippen LogP contribution in [0.5, 0.6) is 0 Å². The molecule has 0 saturated carbocycles. The summed E-state index contributed by atoms with van der Waals surface area (Å²) in [5.41, 5.74) is 6.24. The number of aromatic nitrogens is 2. The standard InChI is InChI=1S/C17H23N5O2/c1-21-11-17(7-5-14(21)23)6-2-8-22(12-17)15(24)4-3-13-9-19-16(18)20-10-13/h3-4,9-10H,2,5-8,11-12H2,1H3,(H2,18,19,20). The number of likely N-dealkylation sites (tertiary alicyclic amines) is 2. The van der Waals surface area contributed by atoms with Crippen LogP contribution >= 0.6 is 0 Å². The van der Waals surface area contributed by atoms with Crippen molar-refractivity contribution in [2.45, 2.75) is 25.7 Å². The average Bonchev–Trinajstić information content (AvgIpc) is 2.58. The van der Waals surface area contributed by atoms with Crippen LogP contribution in [-0.4, -0.2) is 58.3 Å². The fourth-order valence-corrected chi connectivity index (χ4v) is 3.67. The second-order valence-corrected chi connectivity index (χ2v) is 6.82. The van der Waals surface area contributed by atoms with E-state index in [9.17, 15) is 9.59 Å². The van der Waals surface area contributed by atoms with Gasteiger partial charge >= 0.3 is 0 Å². The second-order valence-electron chi connectivity index (χ2n) is 6.82. The Morgan fingerprint density at radius 3 is 2.75 bits per heavy atom. The minimum atomic E-state index is -0.00884. The van der Waals surface area contributed by atoms with Gasteiger partial charge in [-0.2, -0.15) is 0 Å². The first-order valence-electron chi connectivity index (χ1n) is 8.26. The van der Waals surface area contributed by atoms with Crippen molar-refractivity contribution in [3.63, 3.8) is 0 Å². The van der Waals surface area contributed by atoms with Gasteiger partial charge in [0.05, 0.1) is 0 Å². The van der Waals surface area contributed by atoms with Crippen LogP contribution in [0, 0.1) is 5.41 Å². The topological polar surface area (TPSA) is 92.4 Å². The highest BCUT2D eigenvalue weighted by Crippen LogP contribution is 2.38. The summed E-state index contributed by atoms with van der Waals surface area (Å²) in [6, 6.07) is 0. The Morgan fingerprint density at radius 2 is 2.04 bits per heavy atom. The minimum Gasteiger partial charge on any atom is -0.368 e. The monoisotopic (exact) mass is 329 g/mol. The number of nitrogen functional groups attached to an aromatic ring is 1. The Labute approximate surface area is 141 Å². The number of carbonyl (C=O) groups is 2. The molecule has 1 atom stereocenters. The van der Waals surface area contributed by atoms with E-state index in [1.165, 1.54) is 0 Å². The van der Waals surface area contributed by atoms with E-state index in [1.807, 2.05) is 11.9 Å². The molecule has 2 N–H and O–H groups in total. The Kier molecular flexibility index (Phi) is 4.51. The summed E-state index contributed by atoms with van der Waals surface area (Å²) in [6.07, 6.45) is 9.95. The second kappa shape index (κ2) is 6.59. The first kappa shape index (κ1) is 16.4. The zero-order valence-corrected chi connectivity index (χ0v) is 13.9. The summed E-state index contributed by atoms with van der Waals surface area (Å²) in [5.74, 6) is 0.408. The molecule has 1 unspecified atom stereocenters. The van der Waals surface area contributed by atoms with Crippen molar-refractivity contribution in [1.29, 1.82) is 0 Å². The normalized spacial score (nSPS) is 24.8. The van der Waals surface area contributed by atoms with Crippen LogP contribution in [0.15, 0.2) is 18.5 Å². The summed E-state index contributed by atoms with van der Waals surface area (Å²) >= 11 is 0. The van der Waals surface area contributed by atoms with Crippen molar-refractivity contribution < 1.29 is 9.59 Å². The summed E-state index contributed by atoms with van der Waals surface area (Å²) in [5, 5.41) is 0. The van der Waals surface area contributed by atoms with Crippen molar-refractivity contribution in [3.8, 4) is 0 Å². The van der Waals surface area contributed by atoms with E-state index in [0.29, 0.717) is 13.0 Å². The van der Waals surface area contributed by atoms with Gasteiger partial charge in [0.25, 0.3) is 0 Å². The molecule has 7 heteroatoms. The van der Waals surface area contributed by atoms with Crippen LogP contribution in [0.25, 0.3) is 6.08 Å². The van der Waals surface area contributed by atoms with E-state index < -0.39 is 0 Å². The molecule has 1 aromatic rings. The summed E-state index contributed by atoms with van der Waals surface area (Å²) in [7, 11) is 1.85. The van der Waals surface area contributed by atoms with Gasteiger partial charge in [-0.05, 0) is 25.3 Å². The molecule has 0 radical (unpaired) electrons. The number of hydrogen-bond acceptors (Lipinski definition) is 5. The molecule has 2 fully saturated rings. The van der Waals surface area contributed by atoms with Gasteiger partial charge in [-0.3, -0.25) is 9.59 Å². The molecule has 1 spiro atoms. The summed E-state index contributed by atoms with van der Waals surface area (Å²) in [4.78, 5) is 35.7. The number of nitrogens with zero attached hydrogens (tertiary/aromatic N) is 4. The molecule has 24 heavy (non-hydrogen) atoms. The SMILES string of the molecule is CN1CC2(CCCN(C(=O)C=Cc3cnc(N)nc3)C2)CCC1=O. The molecule has 0 aromatic carbocycles. The first-order chi connectivity index (χ1) is 11.5. The smallest absolute Gasteiger partial charge is 0.246 e. The van der Waals surface area contributed by atoms with Crippen molar-refractivity contribution >= 4 is 23.8 Å². The number of amides is 2. The van der Waals surface area contributed by atoms with Crippen molar-refractivity contribution in [2.24, 2.45) is 5.41 Å². The third-order valence-electron chi connectivity index (χ3n) is 4.95. The van der Waals surface area contributed by atoms with Crippen LogP contribution in [-0.2, 0) is 9.59 Å². The maximum absolute atomic E-state index is 12.5. The van der Waals surface area contributed by atoms with Gasteiger partial charge in [-0.1, -0.05) is 0 Å². The first-order valence-corrected chi connectivity index (χ1v) is 8.26. The highest BCUT2D eigenvalue weighted by molar-refractivity contribution is 5.91. The van der Waals surface area contributed by atoms with Gasteiger partial charge in [0.2, 0.25) is 17.8 Å². The molecule has 2 aliphatic rings. The van der Waals surface area contributed by atoms with Crippen molar-refractivity contribution in [3.05, 3.63) is 24.0 Å². The van der Waals surface area contributed by atoms with Gasteiger partial charge in [-0.25, -0.2) is 9.97 Å². The van der Waals surface area contributed by atoms with Crippen LogP contribution < -0.4 is 5.73 Å². The summed E-state index contributed by atoms with van der Waals surface area (Å²) < 4.78 is 0. The van der Waals surface area contributed by atoms with E-state index in [2.05, 4.69) is 9.97 Å². The molecule has 0 aliphatic carbocycles. The highest BCUT2D eigenvalue weighted by Gasteiger charge is 2.41. The molecule has 7 nitrogen and oxygen atoms in total. The Morgan fingerprint density at radius 1 is 1.29 bits per heavy atom. The molecular weight excluding hydrogens is 306 g/mol. The number of carbonyl (C=O) groups excluding carboxylic acids is 2. The highest BCUT2D eigenvalue weighted by atomic mass is 16.2. The zero-order chi connectivity index (χ0) is 17.2. The lowest BCUT2D eigenvalue weighted by Gasteiger charge is -2.47. The summed E-state index contributed by atoms with van der Waals surface area (Å²) in [6.45, 7) is 2.22. The van der Waals surface area contributed by atoms with E-state index in [0.717, 1.165) is 37.9 Å². The van der Waals surface area contributed by atoms with Gasteiger partial charge in [-0.15, -0.1) is 0 Å². The largest absolute Gasteiger partial charge is 0.368 e. The molecule has 3 rings (SSSR count).